The van der Waals surface area contributed by atoms with Crippen LogP contribution in [0, 0.1) is 13.8 Å². The molecule has 0 aromatic carbocycles. The zero-order valence-corrected chi connectivity index (χ0v) is 17.0. The average Bonchev–Trinajstić information content (AvgIpc) is 3.47. The number of fused-ring (bicyclic) bond motifs is 1. The van der Waals surface area contributed by atoms with Crippen LogP contribution in [0.25, 0.3) is 16.3 Å². The van der Waals surface area contributed by atoms with Crippen LogP contribution in [0.3, 0.4) is 0 Å². The number of rotatable bonds is 3. The Morgan fingerprint density at radius 3 is 2.69 bits per heavy atom. The van der Waals surface area contributed by atoms with Crippen molar-refractivity contribution < 1.29 is 9.21 Å². The normalized spacial score (nSPS) is 14.7. The minimum absolute atomic E-state index is 0.0172. The molecule has 0 unspecified atom stereocenters. The highest BCUT2D eigenvalue weighted by molar-refractivity contribution is 7.13. The molecule has 1 aliphatic rings. The lowest BCUT2D eigenvalue weighted by molar-refractivity contribution is 0.0744. The Morgan fingerprint density at radius 2 is 2.00 bits per heavy atom. The van der Waals surface area contributed by atoms with Gasteiger partial charge in [0.2, 0.25) is 5.95 Å². The summed E-state index contributed by atoms with van der Waals surface area (Å²) in [4.78, 5) is 26.8. The lowest BCUT2D eigenvalue weighted by atomic mass is 10.2. The van der Waals surface area contributed by atoms with E-state index in [9.17, 15) is 4.79 Å². The fourth-order valence-electron chi connectivity index (χ4n) is 3.65. The number of amides is 1. The summed E-state index contributed by atoms with van der Waals surface area (Å²) in [5, 5.41) is 6.74. The number of furan rings is 1. The second-order valence-corrected chi connectivity index (χ2v) is 7.98. The highest BCUT2D eigenvalue weighted by atomic mass is 32.1. The highest BCUT2D eigenvalue weighted by Crippen LogP contribution is 2.25. The monoisotopic (exact) mass is 408 g/mol. The summed E-state index contributed by atoms with van der Waals surface area (Å²) < 4.78 is 7.29. The van der Waals surface area contributed by atoms with Crippen LogP contribution < -0.4 is 4.90 Å². The van der Waals surface area contributed by atoms with Crippen molar-refractivity contribution in [3.8, 4) is 10.6 Å². The molecular formula is C20H20N6O2S. The van der Waals surface area contributed by atoms with E-state index in [1.54, 1.807) is 22.0 Å². The number of hydrogen-bond acceptors (Lipinski definition) is 7. The summed E-state index contributed by atoms with van der Waals surface area (Å²) in [7, 11) is 0. The minimum atomic E-state index is 0.0172. The number of carbonyl (C=O) groups is 1. The minimum Gasteiger partial charge on any atom is -0.466 e. The molecule has 9 heteroatoms. The van der Waals surface area contributed by atoms with Gasteiger partial charge in [0.05, 0.1) is 16.1 Å². The molecule has 0 N–H and O–H groups in total. The lowest BCUT2D eigenvalue weighted by Gasteiger charge is -2.34. The predicted molar refractivity (Wildman–Crippen MR) is 110 cm³/mol. The molecule has 4 aromatic heterocycles. The van der Waals surface area contributed by atoms with Crippen molar-refractivity contribution in [1.82, 2.24) is 24.5 Å². The van der Waals surface area contributed by atoms with Crippen molar-refractivity contribution in [1.29, 1.82) is 0 Å². The molecule has 0 radical (unpaired) electrons. The van der Waals surface area contributed by atoms with Crippen molar-refractivity contribution in [2.45, 2.75) is 13.8 Å². The molecule has 0 bridgehead atoms. The van der Waals surface area contributed by atoms with Gasteiger partial charge in [0.15, 0.2) is 0 Å². The molecule has 5 rings (SSSR count). The van der Waals surface area contributed by atoms with E-state index in [1.807, 2.05) is 42.3 Å². The number of aromatic nitrogens is 4. The van der Waals surface area contributed by atoms with Gasteiger partial charge in [-0.3, -0.25) is 4.79 Å². The molecule has 29 heavy (non-hydrogen) atoms. The third-order valence-electron chi connectivity index (χ3n) is 5.12. The quantitative estimate of drug-likeness (QED) is 0.518. The SMILES string of the molecule is Cc1cc(C(=O)N2CCN(c3nc4nccc(-c5cccs5)n4n3)CC2)c(C)o1. The van der Waals surface area contributed by atoms with Crippen LogP contribution in [0.15, 0.2) is 40.3 Å². The number of carbonyl (C=O) groups excluding carboxylic acids is 1. The average molecular weight is 408 g/mol. The largest absolute Gasteiger partial charge is 0.466 e. The molecule has 148 valence electrons. The van der Waals surface area contributed by atoms with E-state index in [4.69, 9.17) is 9.52 Å². The van der Waals surface area contributed by atoms with Crippen LogP contribution in [-0.4, -0.2) is 56.6 Å². The molecule has 1 aliphatic heterocycles. The van der Waals surface area contributed by atoms with Crippen LogP contribution in [0.1, 0.15) is 21.9 Å². The third kappa shape index (κ3) is 3.17. The maximum absolute atomic E-state index is 12.8. The summed E-state index contributed by atoms with van der Waals surface area (Å²) in [5.74, 6) is 2.66. The zero-order valence-electron chi connectivity index (χ0n) is 16.2. The van der Waals surface area contributed by atoms with E-state index in [0.717, 1.165) is 16.3 Å². The number of hydrogen-bond donors (Lipinski definition) is 0. The molecule has 5 heterocycles. The maximum atomic E-state index is 12.8. The summed E-state index contributed by atoms with van der Waals surface area (Å²) in [6.45, 7) is 6.26. The van der Waals surface area contributed by atoms with Gasteiger partial charge in [0.1, 0.15) is 11.5 Å². The van der Waals surface area contributed by atoms with Crippen LogP contribution in [0.2, 0.25) is 0 Å². The van der Waals surface area contributed by atoms with Crippen molar-refractivity contribution >= 4 is 29.0 Å². The first-order valence-corrected chi connectivity index (χ1v) is 10.3. The molecule has 1 saturated heterocycles. The van der Waals surface area contributed by atoms with Gasteiger partial charge >= 0.3 is 0 Å². The van der Waals surface area contributed by atoms with Crippen LogP contribution >= 0.6 is 11.3 Å². The Labute approximate surface area is 171 Å². The first-order chi connectivity index (χ1) is 14.1. The first kappa shape index (κ1) is 17.9. The van der Waals surface area contributed by atoms with Crippen LogP contribution in [-0.2, 0) is 0 Å². The van der Waals surface area contributed by atoms with Gasteiger partial charge in [-0.25, -0.2) is 4.98 Å². The maximum Gasteiger partial charge on any atom is 0.257 e. The molecule has 0 aliphatic carbocycles. The Balaban J connectivity index is 1.35. The Hall–Kier alpha value is -3.20. The number of piperazine rings is 1. The zero-order chi connectivity index (χ0) is 20.0. The Morgan fingerprint density at radius 1 is 1.17 bits per heavy atom. The highest BCUT2D eigenvalue weighted by Gasteiger charge is 2.26. The van der Waals surface area contributed by atoms with Gasteiger partial charge in [0, 0.05) is 32.4 Å². The molecular weight excluding hydrogens is 388 g/mol. The smallest absolute Gasteiger partial charge is 0.257 e. The third-order valence-corrected chi connectivity index (χ3v) is 6.02. The van der Waals surface area contributed by atoms with E-state index in [-0.39, 0.29) is 5.91 Å². The van der Waals surface area contributed by atoms with E-state index in [2.05, 4.69) is 20.9 Å². The van der Waals surface area contributed by atoms with Crippen LogP contribution in [0.4, 0.5) is 5.95 Å². The molecule has 1 amide bonds. The molecule has 0 spiro atoms. The van der Waals surface area contributed by atoms with Crippen molar-refractivity contribution in [3.05, 3.63) is 52.9 Å². The van der Waals surface area contributed by atoms with Crippen molar-refractivity contribution in [3.63, 3.8) is 0 Å². The standard InChI is InChI=1S/C20H20N6O2S/c1-13-12-15(14(2)28-13)18(27)24-7-9-25(10-8-24)20-22-19-21-6-5-16(26(19)23-20)17-4-3-11-29-17/h3-6,11-12H,7-10H2,1-2H3. The summed E-state index contributed by atoms with van der Waals surface area (Å²) in [6, 6.07) is 7.84. The Kier molecular flexibility index (Phi) is 4.31. The van der Waals surface area contributed by atoms with Gasteiger partial charge in [-0.15, -0.1) is 16.4 Å². The topological polar surface area (TPSA) is 79.8 Å². The van der Waals surface area contributed by atoms with E-state index in [0.29, 0.717) is 49.2 Å². The fourth-order valence-corrected chi connectivity index (χ4v) is 4.39. The van der Waals surface area contributed by atoms with Gasteiger partial charge < -0.3 is 14.2 Å². The van der Waals surface area contributed by atoms with Crippen molar-refractivity contribution in [2.75, 3.05) is 31.1 Å². The number of aryl methyl sites for hydroxylation is 2. The fraction of sp³-hybridized carbons (Fsp3) is 0.300. The molecule has 0 atom stereocenters. The lowest BCUT2D eigenvalue weighted by Crippen LogP contribution is -2.49. The molecule has 1 fully saturated rings. The van der Waals surface area contributed by atoms with E-state index >= 15 is 0 Å². The number of anilines is 1. The van der Waals surface area contributed by atoms with Crippen LogP contribution in [0.5, 0.6) is 0 Å². The molecule has 8 nitrogen and oxygen atoms in total. The Bertz CT molecular complexity index is 1170. The summed E-state index contributed by atoms with van der Waals surface area (Å²) in [5.41, 5.74) is 1.62. The number of nitrogens with zero attached hydrogens (tertiary/aromatic N) is 6. The summed E-state index contributed by atoms with van der Waals surface area (Å²) in [6.07, 6.45) is 1.76. The second kappa shape index (κ2) is 7.00. The van der Waals surface area contributed by atoms with E-state index in [1.165, 1.54) is 0 Å². The van der Waals surface area contributed by atoms with Gasteiger partial charge in [-0.2, -0.15) is 9.50 Å². The first-order valence-electron chi connectivity index (χ1n) is 9.47. The predicted octanol–water partition coefficient (Wildman–Crippen LogP) is 3.03. The summed E-state index contributed by atoms with van der Waals surface area (Å²) >= 11 is 1.66. The van der Waals surface area contributed by atoms with Gasteiger partial charge in [-0.1, -0.05) is 6.07 Å². The molecule has 0 saturated carbocycles. The molecule has 4 aromatic rings. The second-order valence-electron chi connectivity index (χ2n) is 7.04. The van der Waals surface area contributed by atoms with E-state index < -0.39 is 0 Å². The van der Waals surface area contributed by atoms with Gasteiger partial charge in [-0.05, 0) is 37.4 Å². The number of thiophene rings is 1. The van der Waals surface area contributed by atoms with Crippen molar-refractivity contribution in [2.24, 2.45) is 0 Å². The van der Waals surface area contributed by atoms with Gasteiger partial charge in [0.25, 0.3) is 11.7 Å².